The molecule has 0 spiro atoms. The van der Waals surface area contributed by atoms with Gasteiger partial charge in [0.15, 0.2) is 6.23 Å². The van der Waals surface area contributed by atoms with Crippen LogP contribution in [-0.4, -0.2) is 25.0 Å². The van der Waals surface area contributed by atoms with Gasteiger partial charge in [-0.1, -0.05) is 12.8 Å². The van der Waals surface area contributed by atoms with Gasteiger partial charge in [0.05, 0.1) is 0 Å². The van der Waals surface area contributed by atoms with Crippen LogP contribution in [0.1, 0.15) is 32.1 Å². The molecule has 4 nitrogen and oxygen atoms in total. The number of hydrogen-bond acceptors (Lipinski definition) is 4. The first-order chi connectivity index (χ1) is 7.31. The van der Waals surface area contributed by atoms with Crippen LogP contribution in [0.2, 0.25) is 0 Å². The molecule has 0 amide bonds. The van der Waals surface area contributed by atoms with Crippen LogP contribution in [0.5, 0.6) is 0 Å². The predicted octanol–water partition coefficient (Wildman–Crippen LogP) is 1.30. The van der Waals surface area contributed by atoms with Crippen molar-refractivity contribution in [2.45, 2.75) is 38.3 Å². The first-order valence-corrected chi connectivity index (χ1v) is 5.75. The Hall–Kier alpha value is -0.900. The third-order valence-corrected chi connectivity index (χ3v) is 3.58. The zero-order chi connectivity index (χ0) is 10.7. The quantitative estimate of drug-likeness (QED) is 0.533. The monoisotopic (exact) mass is 210 g/mol. The minimum Gasteiger partial charge on any atom is -0.442 e. The van der Waals surface area contributed by atoms with Crippen LogP contribution in [0.3, 0.4) is 0 Å². The van der Waals surface area contributed by atoms with Gasteiger partial charge in [-0.2, -0.15) is 0 Å². The molecular weight excluding hydrogens is 192 g/mol. The van der Waals surface area contributed by atoms with Gasteiger partial charge in [0.25, 0.3) is 0 Å². The Balaban J connectivity index is 1.97. The van der Waals surface area contributed by atoms with Crippen LogP contribution in [0.25, 0.3) is 0 Å². The molecule has 84 valence electrons. The SMILES string of the molecule is N=CC(=O)OC1NCCC2CCCCC21. The van der Waals surface area contributed by atoms with Gasteiger partial charge in [-0.15, -0.1) is 0 Å². The molecule has 0 aromatic carbocycles. The smallest absolute Gasteiger partial charge is 0.350 e. The fourth-order valence-corrected chi connectivity index (χ4v) is 2.84. The molecule has 0 aromatic rings. The molecule has 2 aliphatic rings. The number of hydrogen-bond donors (Lipinski definition) is 2. The van der Waals surface area contributed by atoms with Crippen LogP contribution in [-0.2, 0) is 9.53 Å². The van der Waals surface area contributed by atoms with E-state index in [1.807, 2.05) is 0 Å². The van der Waals surface area contributed by atoms with E-state index in [1.165, 1.54) is 25.7 Å². The second-order valence-corrected chi connectivity index (χ2v) is 4.45. The number of carbonyl (C=O) groups excluding carboxylic acids is 1. The normalized spacial score (nSPS) is 35.3. The second-order valence-electron chi connectivity index (χ2n) is 4.45. The lowest BCUT2D eigenvalue weighted by Crippen LogP contribution is -2.49. The van der Waals surface area contributed by atoms with Gasteiger partial charge >= 0.3 is 5.97 Å². The van der Waals surface area contributed by atoms with Crippen LogP contribution >= 0.6 is 0 Å². The molecule has 2 rings (SSSR count). The lowest BCUT2D eigenvalue weighted by atomic mass is 9.74. The molecule has 2 fully saturated rings. The number of rotatable bonds is 2. The summed E-state index contributed by atoms with van der Waals surface area (Å²) in [5, 5.41) is 10.1. The van der Waals surface area contributed by atoms with Gasteiger partial charge in [-0.05, 0) is 31.7 Å². The summed E-state index contributed by atoms with van der Waals surface area (Å²) in [5.74, 6) is 0.652. The van der Waals surface area contributed by atoms with Gasteiger partial charge in [0.1, 0.15) is 6.21 Å². The van der Waals surface area contributed by atoms with Crippen LogP contribution < -0.4 is 5.32 Å². The fraction of sp³-hybridized carbons (Fsp3) is 0.818. The Labute approximate surface area is 89.9 Å². The van der Waals surface area contributed by atoms with Gasteiger partial charge in [-0.3, -0.25) is 5.32 Å². The molecule has 2 N–H and O–H groups in total. The number of carbonyl (C=O) groups is 1. The molecule has 0 aromatic heterocycles. The maximum absolute atomic E-state index is 11.0. The highest BCUT2D eigenvalue weighted by Crippen LogP contribution is 2.36. The molecule has 3 atom stereocenters. The highest BCUT2D eigenvalue weighted by atomic mass is 16.6. The highest BCUT2D eigenvalue weighted by Gasteiger charge is 2.36. The summed E-state index contributed by atoms with van der Waals surface area (Å²) in [6.45, 7) is 0.928. The Bertz CT molecular complexity index is 253. The zero-order valence-electron chi connectivity index (χ0n) is 8.87. The lowest BCUT2D eigenvalue weighted by Gasteiger charge is -2.40. The maximum atomic E-state index is 11.0. The summed E-state index contributed by atoms with van der Waals surface area (Å²) in [6, 6.07) is 0. The number of fused-ring (bicyclic) bond motifs is 1. The molecule has 0 bridgehead atoms. The topological polar surface area (TPSA) is 62.2 Å². The number of ether oxygens (including phenoxy) is 1. The summed E-state index contributed by atoms with van der Waals surface area (Å²) in [6.07, 6.45) is 6.75. The molecule has 1 heterocycles. The van der Waals surface area contributed by atoms with Crippen LogP contribution in [0.4, 0.5) is 0 Å². The maximum Gasteiger partial charge on any atom is 0.350 e. The molecule has 1 aliphatic carbocycles. The average molecular weight is 210 g/mol. The van der Waals surface area contributed by atoms with Gasteiger partial charge in [0, 0.05) is 5.92 Å². The van der Waals surface area contributed by atoms with Crippen molar-refractivity contribution in [2.75, 3.05) is 6.54 Å². The summed E-state index contributed by atoms with van der Waals surface area (Å²) >= 11 is 0. The van der Waals surface area contributed by atoms with E-state index in [2.05, 4.69) is 5.32 Å². The Kier molecular flexibility index (Phi) is 3.36. The Morgan fingerprint density at radius 3 is 2.93 bits per heavy atom. The molecule has 1 aliphatic heterocycles. The molecule has 4 heteroatoms. The largest absolute Gasteiger partial charge is 0.442 e. The van der Waals surface area contributed by atoms with E-state index in [9.17, 15) is 4.79 Å². The van der Waals surface area contributed by atoms with Crippen molar-refractivity contribution in [1.29, 1.82) is 5.41 Å². The standard InChI is InChI=1S/C11H18N2O2/c12-7-10(14)15-11-9-4-2-1-3-8(9)5-6-13-11/h7-9,11-13H,1-6H2. The van der Waals surface area contributed by atoms with Crippen molar-refractivity contribution >= 4 is 12.2 Å². The first-order valence-electron chi connectivity index (χ1n) is 5.75. The highest BCUT2D eigenvalue weighted by molar-refractivity contribution is 6.21. The van der Waals surface area contributed by atoms with Crippen LogP contribution in [0.15, 0.2) is 0 Å². The van der Waals surface area contributed by atoms with Crippen molar-refractivity contribution in [3.8, 4) is 0 Å². The lowest BCUT2D eigenvalue weighted by molar-refractivity contribution is -0.149. The van der Waals surface area contributed by atoms with Crippen molar-refractivity contribution in [2.24, 2.45) is 11.8 Å². The fourth-order valence-electron chi connectivity index (χ4n) is 2.84. The summed E-state index contributed by atoms with van der Waals surface area (Å²) in [4.78, 5) is 11.0. The molecule has 3 unspecified atom stereocenters. The van der Waals surface area contributed by atoms with E-state index >= 15 is 0 Å². The summed E-state index contributed by atoms with van der Waals surface area (Å²) < 4.78 is 5.22. The van der Waals surface area contributed by atoms with Crippen LogP contribution in [0, 0.1) is 17.2 Å². The molecule has 15 heavy (non-hydrogen) atoms. The second kappa shape index (κ2) is 4.75. The van der Waals surface area contributed by atoms with Gasteiger partial charge < -0.3 is 10.1 Å². The van der Waals surface area contributed by atoms with Crippen molar-refractivity contribution in [1.82, 2.24) is 5.32 Å². The van der Waals surface area contributed by atoms with E-state index in [0.29, 0.717) is 11.8 Å². The van der Waals surface area contributed by atoms with Crippen molar-refractivity contribution in [3.05, 3.63) is 0 Å². The predicted molar refractivity (Wildman–Crippen MR) is 56.7 cm³/mol. The van der Waals surface area contributed by atoms with E-state index in [4.69, 9.17) is 10.1 Å². The van der Waals surface area contributed by atoms with Gasteiger partial charge in [0.2, 0.25) is 0 Å². The van der Waals surface area contributed by atoms with E-state index in [0.717, 1.165) is 19.2 Å². The average Bonchev–Trinajstić information content (AvgIpc) is 2.29. The van der Waals surface area contributed by atoms with E-state index in [1.54, 1.807) is 0 Å². The number of piperidine rings is 1. The molecule has 0 radical (unpaired) electrons. The van der Waals surface area contributed by atoms with E-state index in [-0.39, 0.29) is 6.23 Å². The number of esters is 1. The summed E-state index contributed by atoms with van der Waals surface area (Å²) in [5.41, 5.74) is 0. The van der Waals surface area contributed by atoms with E-state index < -0.39 is 5.97 Å². The number of nitrogens with one attached hydrogen (secondary N) is 2. The Morgan fingerprint density at radius 2 is 2.13 bits per heavy atom. The Morgan fingerprint density at radius 1 is 1.33 bits per heavy atom. The first kappa shape index (κ1) is 10.6. The molecular formula is C11H18N2O2. The molecule has 1 saturated heterocycles. The summed E-state index contributed by atoms with van der Waals surface area (Å²) in [7, 11) is 0. The third kappa shape index (κ3) is 2.37. The zero-order valence-corrected chi connectivity index (χ0v) is 8.87. The van der Waals surface area contributed by atoms with Crippen molar-refractivity contribution in [3.63, 3.8) is 0 Å². The minimum atomic E-state index is -0.529. The third-order valence-electron chi connectivity index (χ3n) is 3.58. The van der Waals surface area contributed by atoms with Crippen molar-refractivity contribution < 1.29 is 9.53 Å². The minimum absolute atomic E-state index is 0.154. The molecule has 1 saturated carbocycles. The van der Waals surface area contributed by atoms with Gasteiger partial charge in [-0.25, -0.2) is 4.79 Å².